The molecule has 0 aliphatic carbocycles. The quantitative estimate of drug-likeness (QED) is 0.310. The van der Waals surface area contributed by atoms with Crippen molar-refractivity contribution >= 4 is 11.7 Å². The van der Waals surface area contributed by atoms with Crippen molar-refractivity contribution in [1.29, 1.82) is 0 Å². The summed E-state index contributed by atoms with van der Waals surface area (Å²) in [6.45, 7) is 3.66. The van der Waals surface area contributed by atoms with Gasteiger partial charge >= 0.3 is 0 Å². The Morgan fingerprint density at radius 1 is 1.67 bits per heavy atom. The summed E-state index contributed by atoms with van der Waals surface area (Å²) in [6, 6.07) is 1.83. The van der Waals surface area contributed by atoms with Gasteiger partial charge < -0.3 is 20.9 Å². The molecule has 1 fully saturated rings. The van der Waals surface area contributed by atoms with Gasteiger partial charge in [0.05, 0.1) is 5.56 Å². The molecule has 0 aromatic carbocycles. The maximum absolute atomic E-state index is 9.17. The Morgan fingerprint density at radius 3 is 3.06 bits per heavy atom. The average molecular weight is 250 g/mol. The van der Waals surface area contributed by atoms with Crippen LogP contribution in [0.25, 0.3) is 0 Å². The van der Waals surface area contributed by atoms with Crippen molar-refractivity contribution < 1.29 is 10.3 Å². The Kier molecular flexibility index (Phi) is 3.66. The van der Waals surface area contributed by atoms with E-state index in [1.54, 1.807) is 6.20 Å². The molecular formula is C12H18N4O2. The fourth-order valence-electron chi connectivity index (χ4n) is 2.32. The van der Waals surface area contributed by atoms with Crippen molar-refractivity contribution in [1.82, 2.24) is 4.98 Å². The van der Waals surface area contributed by atoms with Gasteiger partial charge in [0.25, 0.3) is 0 Å². The van der Waals surface area contributed by atoms with Crippen molar-refractivity contribution in [2.24, 2.45) is 16.8 Å². The Hall–Kier alpha value is -1.82. The van der Waals surface area contributed by atoms with Gasteiger partial charge in [-0.15, -0.1) is 0 Å². The van der Waals surface area contributed by atoms with Crippen molar-refractivity contribution in [2.75, 3.05) is 24.6 Å². The van der Waals surface area contributed by atoms with E-state index in [9.17, 15) is 5.11 Å². The maximum atomic E-state index is 9.17. The van der Waals surface area contributed by atoms with Crippen LogP contribution in [0.4, 0.5) is 5.82 Å². The molecular weight excluding hydrogens is 232 g/mol. The molecule has 0 spiro atoms. The summed E-state index contributed by atoms with van der Waals surface area (Å²) in [5.41, 5.74) is 7.30. The second-order valence-electron chi connectivity index (χ2n) is 4.59. The standard InChI is InChI=1S/C12H18N4O2/c1-8-2-4-14-12(10(8)11(13)15-18)16-5-3-9(6-16)7-17/h2,4,9,17-18H,3,5-7H2,1H3,(H2,13,15). The molecule has 1 aliphatic heterocycles. The number of aromatic nitrogens is 1. The van der Waals surface area contributed by atoms with Gasteiger partial charge in [0.1, 0.15) is 5.82 Å². The van der Waals surface area contributed by atoms with Crippen molar-refractivity contribution in [3.05, 3.63) is 23.4 Å². The maximum Gasteiger partial charge on any atom is 0.174 e. The molecule has 1 atom stereocenters. The predicted octanol–water partition coefficient (Wildman–Crippen LogP) is 0.303. The zero-order valence-corrected chi connectivity index (χ0v) is 10.4. The molecule has 1 aromatic rings. The average Bonchev–Trinajstić information content (AvgIpc) is 2.86. The first kappa shape index (κ1) is 12.6. The third-order valence-electron chi connectivity index (χ3n) is 3.35. The molecule has 1 aliphatic rings. The van der Waals surface area contributed by atoms with Crippen molar-refractivity contribution in [3.63, 3.8) is 0 Å². The molecule has 18 heavy (non-hydrogen) atoms. The summed E-state index contributed by atoms with van der Waals surface area (Å²) in [5, 5.41) is 21.1. The lowest BCUT2D eigenvalue weighted by Gasteiger charge is -2.21. The molecule has 0 saturated carbocycles. The Bertz CT molecular complexity index is 461. The zero-order valence-electron chi connectivity index (χ0n) is 10.4. The number of rotatable bonds is 3. The van der Waals surface area contributed by atoms with Gasteiger partial charge in [0.15, 0.2) is 5.84 Å². The molecule has 4 N–H and O–H groups in total. The van der Waals surface area contributed by atoms with Crippen LogP contribution >= 0.6 is 0 Å². The van der Waals surface area contributed by atoms with E-state index in [0.717, 1.165) is 30.9 Å². The van der Waals surface area contributed by atoms with Crippen LogP contribution in [0.1, 0.15) is 17.5 Å². The highest BCUT2D eigenvalue weighted by Crippen LogP contribution is 2.26. The molecule has 0 bridgehead atoms. The van der Waals surface area contributed by atoms with E-state index in [1.165, 1.54) is 0 Å². The van der Waals surface area contributed by atoms with Crippen molar-refractivity contribution in [3.8, 4) is 0 Å². The number of hydrogen-bond donors (Lipinski definition) is 3. The first-order chi connectivity index (χ1) is 8.67. The van der Waals surface area contributed by atoms with E-state index in [1.807, 2.05) is 13.0 Å². The number of aliphatic hydroxyl groups is 1. The first-order valence-electron chi connectivity index (χ1n) is 5.96. The highest BCUT2D eigenvalue weighted by atomic mass is 16.4. The molecule has 0 amide bonds. The molecule has 1 unspecified atom stereocenters. The largest absolute Gasteiger partial charge is 0.409 e. The van der Waals surface area contributed by atoms with Crippen LogP contribution in [0, 0.1) is 12.8 Å². The minimum Gasteiger partial charge on any atom is -0.409 e. The summed E-state index contributed by atoms with van der Waals surface area (Å²) >= 11 is 0. The van der Waals surface area contributed by atoms with E-state index in [-0.39, 0.29) is 18.4 Å². The van der Waals surface area contributed by atoms with Crippen LogP contribution in [-0.2, 0) is 0 Å². The van der Waals surface area contributed by atoms with Gasteiger partial charge in [-0.2, -0.15) is 0 Å². The number of amidine groups is 1. The van der Waals surface area contributed by atoms with E-state index in [4.69, 9.17) is 10.9 Å². The summed E-state index contributed by atoms with van der Waals surface area (Å²) in [5.74, 6) is 1.07. The predicted molar refractivity (Wildman–Crippen MR) is 68.9 cm³/mol. The second kappa shape index (κ2) is 5.22. The third-order valence-corrected chi connectivity index (χ3v) is 3.35. The smallest absolute Gasteiger partial charge is 0.174 e. The van der Waals surface area contributed by atoms with Gasteiger partial charge in [-0.25, -0.2) is 4.98 Å². The monoisotopic (exact) mass is 250 g/mol. The lowest BCUT2D eigenvalue weighted by Crippen LogP contribution is -2.27. The van der Waals surface area contributed by atoms with Crippen LogP contribution in [-0.4, -0.2) is 40.8 Å². The third kappa shape index (κ3) is 2.24. The number of nitrogens with two attached hydrogens (primary N) is 1. The molecule has 0 radical (unpaired) electrons. The molecule has 6 nitrogen and oxygen atoms in total. The van der Waals surface area contributed by atoms with E-state index in [0.29, 0.717) is 5.56 Å². The molecule has 1 saturated heterocycles. The number of oxime groups is 1. The van der Waals surface area contributed by atoms with Gasteiger partial charge in [0, 0.05) is 31.8 Å². The highest BCUT2D eigenvalue weighted by Gasteiger charge is 2.26. The van der Waals surface area contributed by atoms with Crippen LogP contribution < -0.4 is 10.6 Å². The first-order valence-corrected chi connectivity index (χ1v) is 5.96. The number of nitrogens with zero attached hydrogens (tertiary/aromatic N) is 3. The van der Waals surface area contributed by atoms with Crippen LogP contribution in [0.2, 0.25) is 0 Å². The topological polar surface area (TPSA) is 95.0 Å². The molecule has 6 heteroatoms. The number of aryl methyl sites for hydroxylation is 1. The van der Waals surface area contributed by atoms with Crippen LogP contribution in [0.5, 0.6) is 0 Å². The van der Waals surface area contributed by atoms with Gasteiger partial charge in [-0.1, -0.05) is 5.16 Å². The fourth-order valence-corrected chi connectivity index (χ4v) is 2.32. The summed E-state index contributed by atoms with van der Waals surface area (Å²) in [4.78, 5) is 6.40. The van der Waals surface area contributed by atoms with Gasteiger partial charge in [-0.05, 0) is 25.0 Å². The molecule has 98 valence electrons. The SMILES string of the molecule is Cc1ccnc(N2CCC(CO)C2)c1/C(N)=N/O. The van der Waals surface area contributed by atoms with Gasteiger partial charge in [0.2, 0.25) is 0 Å². The zero-order chi connectivity index (χ0) is 13.1. The second-order valence-corrected chi connectivity index (χ2v) is 4.59. The van der Waals surface area contributed by atoms with E-state index < -0.39 is 0 Å². The number of hydrogen-bond acceptors (Lipinski definition) is 5. The summed E-state index contributed by atoms with van der Waals surface area (Å²) < 4.78 is 0. The lowest BCUT2D eigenvalue weighted by atomic mass is 10.1. The molecule has 2 heterocycles. The summed E-state index contributed by atoms with van der Waals surface area (Å²) in [7, 11) is 0. The number of aliphatic hydroxyl groups excluding tert-OH is 1. The molecule has 1 aromatic heterocycles. The Morgan fingerprint density at radius 2 is 2.44 bits per heavy atom. The number of pyridine rings is 1. The number of anilines is 1. The van der Waals surface area contributed by atoms with Gasteiger partial charge in [-0.3, -0.25) is 0 Å². The normalized spacial score (nSPS) is 20.4. The summed E-state index contributed by atoms with van der Waals surface area (Å²) in [6.07, 6.45) is 2.65. The Labute approximate surface area is 106 Å². The molecule has 2 rings (SSSR count). The fraction of sp³-hybridized carbons (Fsp3) is 0.500. The van der Waals surface area contributed by atoms with Crippen LogP contribution in [0.15, 0.2) is 17.4 Å². The Balaban J connectivity index is 2.36. The lowest BCUT2D eigenvalue weighted by molar-refractivity contribution is 0.238. The minimum atomic E-state index is 0.0723. The minimum absolute atomic E-state index is 0.0723. The van der Waals surface area contributed by atoms with Crippen molar-refractivity contribution in [2.45, 2.75) is 13.3 Å². The highest BCUT2D eigenvalue weighted by molar-refractivity contribution is 6.02. The van der Waals surface area contributed by atoms with E-state index >= 15 is 0 Å². The van der Waals surface area contributed by atoms with E-state index in [2.05, 4.69) is 15.0 Å². The van der Waals surface area contributed by atoms with Crippen LogP contribution in [0.3, 0.4) is 0 Å².